The van der Waals surface area contributed by atoms with Gasteiger partial charge in [0.15, 0.2) is 11.5 Å². The highest BCUT2D eigenvalue weighted by molar-refractivity contribution is 5.82. The van der Waals surface area contributed by atoms with Crippen LogP contribution in [0.4, 0.5) is 0 Å². The zero-order valence-electron chi connectivity index (χ0n) is 15.9. The second-order valence-corrected chi connectivity index (χ2v) is 7.75. The van der Waals surface area contributed by atoms with Crippen LogP contribution in [0, 0.1) is 11.8 Å². The normalized spacial score (nSPS) is 20.9. The smallest absolute Gasteiger partial charge is 0.225 e. The van der Waals surface area contributed by atoms with Gasteiger partial charge in [0.2, 0.25) is 11.8 Å². The molecular formula is C21H28N2O4. The van der Waals surface area contributed by atoms with E-state index in [0.29, 0.717) is 26.3 Å². The van der Waals surface area contributed by atoms with Gasteiger partial charge in [-0.2, -0.15) is 0 Å². The number of likely N-dealkylation sites (tertiary alicyclic amines) is 1. The molecule has 146 valence electrons. The van der Waals surface area contributed by atoms with Gasteiger partial charge < -0.3 is 19.7 Å². The van der Waals surface area contributed by atoms with Crippen LogP contribution < -0.4 is 14.8 Å². The Labute approximate surface area is 160 Å². The van der Waals surface area contributed by atoms with Crippen molar-refractivity contribution < 1.29 is 19.1 Å². The fourth-order valence-corrected chi connectivity index (χ4v) is 3.94. The summed E-state index contributed by atoms with van der Waals surface area (Å²) in [5, 5.41) is 3.20. The van der Waals surface area contributed by atoms with E-state index in [4.69, 9.17) is 9.47 Å². The quantitative estimate of drug-likeness (QED) is 0.863. The molecule has 0 radical (unpaired) electrons. The summed E-state index contributed by atoms with van der Waals surface area (Å²) in [6.45, 7) is 4.60. The first-order valence-electron chi connectivity index (χ1n) is 10.1. The van der Waals surface area contributed by atoms with Gasteiger partial charge in [0.1, 0.15) is 13.2 Å². The molecule has 27 heavy (non-hydrogen) atoms. The van der Waals surface area contributed by atoms with Gasteiger partial charge in [-0.15, -0.1) is 0 Å². The summed E-state index contributed by atoms with van der Waals surface area (Å²) < 4.78 is 11.2. The number of nitrogens with zero attached hydrogens (tertiary/aromatic N) is 1. The Hall–Kier alpha value is -2.24. The van der Waals surface area contributed by atoms with E-state index in [0.717, 1.165) is 49.2 Å². The number of piperidine rings is 1. The molecular weight excluding hydrogens is 344 g/mol. The molecule has 0 bridgehead atoms. The van der Waals surface area contributed by atoms with Gasteiger partial charge in [-0.1, -0.05) is 13.0 Å². The van der Waals surface area contributed by atoms with E-state index < -0.39 is 0 Å². The van der Waals surface area contributed by atoms with E-state index in [2.05, 4.69) is 12.2 Å². The molecule has 1 aromatic carbocycles. The molecule has 0 aromatic heterocycles. The third-order valence-corrected chi connectivity index (χ3v) is 5.80. The Morgan fingerprint density at radius 1 is 1.07 bits per heavy atom. The van der Waals surface area contributed by atoms with Crippen molar-refractivity contribution in [2.75, 3.05) is 26.3 Å². The van der Waals surface area contributed by atoms with Gasteiger partial charge >= 0.3 is 0 Å². The molecule has 1 saturated heterocycles. The molecule has 0 spiro atoms. The second-order valence-electron chi connectivity index (χ2n) is 7.75. The van der Waals surface area contributed by atoms with E-state index in [1.807, 2.05) is 23.1 Å². The fraction of sp³-hybridized carbons (Fsp3) is 0.619. The van der Waals surface area contributed by atoms with Crippen LogP contribution in [0.15, 0.2) is 18.2 Å². The first-order valence-corrected chi connectivity index (χ1v) is 10.1. The van der Waals surface area contributed by atoms with E-state index in [1.54, 1.807) is 0 Å². The van der Waals surface area contributed by atoms with Crippen LogP contribution in [0.1, 0.15) is 50.6 Å². The van der Waals surface area contributed by atoms with Gasteiger partial charge in [0.25, 0.3) is 0 Å². The van der Waals surface area contributed by atoms with Crippen molar-refractivity contribution in [1.82, 2.24) is 10.2 Å². The number of benzene rings is 1. The lowest BCUT2D eigenvalue weighted by atomic mass is 9.94. The molecule has 2 aliphatic heterocycles. The number of carbonyl (C=O) groups excluding carboxylic acids is 2. The fourth-order valence-electron chi connectivity index (χ4n) is 3.94. The van der Waals surface area contributed by atoms with Gasteiger partial charge in [0.05, 0.1) is 6.04 Å². The number of amides is 2. The van der Waals surface area contributed by atoms with Crippen LogP contribution >= 0.6 is 0 Å². The summed E-state index contributed by atoms with van der Waals surface area (Å²) in [6, 6.07) is 5.85. The van der Waals surface area contributed by atoms with Crippen molar-refractivity contribution in [3.63, 3.8) is 0 Å². The summed E-state index contributed by atoms with van der Waals surface area (Å²) in [5.41, 5.74) is 1.04. The molecule has 2 amide bonds. The molecule has 1 N–H and O–H groups in total. The molecule has 1 aliphatic carbocycles. The van der Waals surface area contributed by atoms with Crippen molar-refractivity contribution in [1.29, 1.82) is 0 Å². The van der Waals surface area contributed by atoms with Gasteiger partial charge in [0, 0.05) is 24.9 Å². The molecule has 2 heterocycles. The summed E-state index contributed by atoms with van der Waals surface area (Å²) in [7, 11) is 0. The van der Waals surface area contributed by atoms with Crippen LogP contribution in [-0.4, -0.2) is 43.0 Å². The van der Waals surface area contributed by atoms with Crippen molar-refractivity contribution in [2.45, 2.75) is 45.1 Å². The van der Waals surface area contributed by atoms with Gasteiger partial charge in [-0.3, -0.25) is 9.59 Å². The first-order chi connectivity index (χ1) is 13.2. The molecule has 2 fully saturated rings. The maximum atomic E-state index is 12.8. The zero-order valence-corrected chi connectivity index (χ0v) is 15.9. The van der Waals surface area contributed by atoms with E-state index in [1.165, 1.54) is 0 Å². The number of hydrogen-bond donors (Lipinski definition) is 1. The molecule has 1 aromatic rings. The lowest BCUT2D eigenvalue weighted by Gasteiger charge is -2.32. The van der Waals surface area contributed by atoms with Gasteiger partial charge in [-0.25, -0.2) is 0 Å². The van der Waals surface area contributed by atoms with Crippen molar-refractivity contribution in [3.8, 4) is 11.5 Å². The minimum atomic E-state index is -0.0422. The third kappa shape index (κ3) is 4.04. The predicted octanol–water partition coefficient (Wildman–Crippen LogP) is 2.67. The minimum absolute atomic E-state index is 0.0143. The van der Waals surface area contributed by atoms with Crippen LogP contribution in [-0.2, 0) is 9.59 Å². The molecule has 1 saturated carbocycles. The average Bonchev–Trinajstić information content (AvgIpc) is 3.56. The van der Waals surface area contributed by atoms with Crippen molar-refractivity contribution in [2.24, 2.45) is 11.8 Å². The summed E-state index contributed by atoms with van der Waals surface area (Å²) >= 11 is 0. The Kier molecular flexibility index (Phi) is 5.23. The van der Waals surface area contributed by atoms with Crippen LogP contribution in [0.3, 0.4) is 0 Å². The molecule has 3 aliphatic rings. The number of nitrogens with one attached hydrogen (secondary N) is 1. The highest BCUT2D eigenvalue weighted by Crippen LogP contribution is 2.34. The monoisotopic (exact) mass is 372 g/mol. The molecule has 6 nitrogen and oxygen atoms in total. The molecule has 1 unspecified atom stereocenters. The van der Waals surface area contributed by atoms with Crippen LogP contribution in [0.25, 0.3) is 0 Å². The number of rotatable bonds is 5. The third-order valence-electron chi connectivity index (χ3n) is 5.80. The van der Waals surface area contributed by atoms with E-state index >= 15 is 0 Å². The Balaban J connectivity index is 1.34. The highest BCUT2D eigenvalue weighted by Gasteiger charge is 2.36. The minimum Gasteiger partial charge on any atom is -0.486 e. The van der Waals surface area contributed by atoms with Crippen LogP contribution in [0.5, 0.6) is 11.5 Å². The Morgan fingerprint density at radius 3 is 2.44 bits per heavy atom. The average molecular weight is 372 g/mol. The maximum absolute atomic E-state index is 12.8. The standard InChI is InChI=1S/C21H28N2O4/c1-2-17(16-5-6-18-19(13-16)27-12-11-26-18)22-20(24)14-7-9-23(10-8-14)21(25)15-3-4-15/h5-6,13-15,17H,2-4,7-12H2,1H3,(H,22,24). The molecule has 1 atom stereocenters. The van der Waals surface area contributed by atoms with Gasteiger partial charge in [-0.05, 0) is 49.8 Å². The first kappa shape index (κ1) is 18.1. The summed E-state index contributed by atoms with van der Waals surface area (Å²) in [6.07, 6.45) is 4.38. The largest absolute Gasteiger partial charge is 0.486 e. The maximum Gasteiger partial charge on any atom is 0.225 e. The van der Waals surface area contributed by atoms with Crippen molar-refractivity contribution >= 4 is 11.8 Å². The Bertz CT molecular complexity index is 708. The number of hydrogen-bond acceptors (Lipinski definition) is 4. The molecule has 4 rings (SSSR count). The summed E-state index contributed by atoms with van der Waals surface area (Å²) in [4.78, 5) is 26.9. The lowest BCUT2D eigenvalue weighted by Crippen LogP contribution is -2.44. The zero-order chi connectivity index (χ0) is 18.8. The molecule has 6 heteroatoms. The highest BCUT2D eigenvalue weighted by atomic mass is 16.6. The lowest BCUT2D eigenvalue weighted by molar-refractivity contribution is -0.136. The number of fused-ring (bicyclic) bond motifs is 1. The SMILES string of the molecule is CCC(NC(=O)C1CCN(C(=O)C2CC2)CC1)c1ccc2c(c1)OCCO2. The summed E-state index contributed by atoms with van der Waals surface area (Å²) in [5.74, 6) is 2.14. The van der Waals surface area contributed by atoms with E-state index in [-0.39, 0.29) is 29.7 Å². The Morgan fingerprint density at radius 2 is 1.78 bits per heavy atom. The van der Waals surface area contributed by atoms with Crippen LogP contribution in [0.2, 0.25) is 0 Å². The predicted molar refractivity (Wildman–Crippen MR) is 101 cm³/mol. The second kappa shape index (κ2) is 7.79. The van der Waals surface area contributed by atoms with E-state index in [9.17, 15) is 9.59 Å². The number of ether oxygens (including phenoxy) is 2. The van der Waals surface area contributed by atoms with Crippen molar-refractivity contribution in [3.05, 3.63) is 23.8 Å². The topological polar surface area (TPSA) is 67.9 Å². The number of carbonyl (C=O) groups is 2.